The minimum absolute atomic E-state index is 0.0544. The molecular formula is C4H6FNO2. The van der Waals surface area contributed by atoms with E-state index in [9.17, 15) is 9.18 Å². The molecule has 1 heterocycles. The van der Waals surface area contributed by atoms with Crippen LogP contribution in [0.15, 0.2) is 0 Å². The normalized spacial score (nSPS) is 28.5. The molecule has 0 bridgehead atoms. The highest BCUT2D eigenvalue weighted by molar-refractivity contribution is 5.69. The lowest BCUT2D eigenvalue weighted by molar-refractivity contribution is 0.0574. The van der Waals surface area contributed by atoms with Gasteiger partial charge in [0.15, 0.2) is 0 Å². The maximum Gasteiger partial charge on any atom is 0.412 e. The molecule has 1 fully saturated rings. The van der Waals surface area contributed by atoms with Crippen LogP contribution in [0.3, 0.4) is 0 Å². The van der Waals surface area contributed by atoms with Crippen molar-refractivity contribution in [2.75, 3.05) is 13.6 Å². The Morgan fingerprint density at radius 3 is 2.75 bits per heavy atom. The molecule has 1 aliphatic heterocycles. The lowest BCUT2D eigenvalue weighted by atomic mass is 10.6. The summed E-state index contributed by atoms with van der Waals surface area (Å²) in [6, 6.07) is 0. The van der Waals surface area contributed by atoms with E-state index < -0.39 is 12.5 Å². The summed E-state index contributed by atoms with van der Waals surface area (Å²) in [5.74, 6) is 0. The number of carbonyl (C=O) groups excluding carboxylic acids is 1. The van der Waals surface area contributed by atoms with Crippen LogP contribution >= 0.6 is 0 Å². The molecule has 0 radical (unpaired) electrons. The van der Waals surface area contributed by atoms with Gasteiger partial charge in [-0.25, -0.2) is 4.79 Å². The number of rotatable bonds is 0. The molecular weight excluding hydrogens is 113 g/mol. The summed E-state index contributed by atoms with van der Waals surface area (Å²) in [6.07, 6.45) is -2.01. The molecule has 0 aromatic heterocycles. The minimum atomic E-state index is -1.42. The predicted octanol–water partition coefficient (Wildman–Crippen LogP) is 0.364. The molecule has 0 saturated carbocycles. The Morgan fingerprint density at radius 1 is 2.00 bits per heavy atom. The van der Waals surface area contributed by atoms with E-state index >= 15 is 0 Å². The van der Waals surface area contributed by atoms with Crippen LogP contribution in [0.2, 0.25) is 0 Å². The number of halogens is 1. The zero-order chi connectivity index (χ0) is 6.15. The van der Waals surface area contributed by atoms with Gasteiger partial charge in [0.05, 0.1) is 6.54 Å². The van der Waals surface area contributed by atoms with E-state index in [-0.39, 0.29) is 6.54 Å². The van der Waals surface area contributed by atoms with Crippen molar-refractivity contribution in [2.45, 2.75) is 6.36 Å². The molecule has 0 spiro atoms. The van der Waals surface area contributed by atoms with Crippen molar-refractivity contribution in [3.63, 3.8) is 0 Å². The molecule has 1 aliphatic rings. The summed E-state index contributed by atoms with van der Waals surface area (Å²) < 4.78 is 16.0. The van der Waals surface area contributed by atoms with Gasteiger partial charge in [-0.3, -0.25) is 0 Å². The smallest absolute Gasteiger partial charge is 0.412 e. The zero-order valence-corrected chi connectivity index (χ0v) is 4.43. The maximum absolute atomic E-state index is 11.9. The summed E-state index contributed by atoms with van der Waals surface area (Å²) >= 11 is 0. The second kappa shape index (κ2) is 1.61. The molecule has 8 heavy (non-hydrogen) atoms. The largest absolute Gasteiger partial charge is 0.413 e. The second-order valence-electron chi connectivity index (χ2n) is 1.67. The molecule has 1 saturated heterocycles. The number of ether oxygens (including phenoxy) is 1. The second-order valence-corrected chi connectivity index (χ2v) is 1.67. The lowest BCUT2D eigenvalue weighted by Gasteiger charge is -1.98. The fraction of sp³-hybridized carbons (Fsp3) is 0.750. The van der Waals surface area contributed by atoms with Crippen LogP contribution < -0.4 is 0 Å². The van der Waals surface area contributed by atoms with Gasteiger partial charge in [-0.1, -0.05) is 0 Å². The van der Waals surface area contributed by atoms with Gasteiger partial charge in [0.1, 0.15) is 0 Å². The fourth-order valence-corrected chi connectivity index (χ4v) is 0.526. The van der Waals surface area contributed by atoms with Crippen LogP contribution in [0.5, 0.6) is 0 Å². The van der Waals surface area contributed by atoms with E-state index in [0.29, 0.717) is 0 Å². The van der Waals surface area contributed by atoms with Crippen LogP contribution in [0, 0.1) is 0 Å². The fourth-order valence-electron chi connectivity index (χ4n) is 0.526. The number of likely N-dealkylation sites (N-methyl/N-ethyl adjacent to an activating group) is 1. The zero-order valence-electron chi connectivity index (χ0n) is 4.43. The van der Waals surface area contributed by atoms with Gasteiger partial charge in [-0.15, -0.1) is 0 Å². The van der Waals surface area contributed by atoms with Crippen molar-refractivity contribution < 1.29 is 13.9 Å². The number of alkyl halides is 1. The Bertz CT molecular complexity index is 117. The molecule has 1 atom stereocenters. The third-order valence-corrected chi connectivity index (χ3v) is 0.958. The Hall–Kier alpha value is -0.800. The maximum atomic E-state index is 11.9. The highest BCUT2D eigenvalue weighted by atomic mass is 19.1. The van der Waals surface area contributed by atoms with Crippen LogP contribution in [0.1, 0.15) is 0 Å². The molecule has 0 N–H and O–H groups in total. The van der Waals surface area contributed by atoms with E-state index in [1.54, 1.807) is 0 Å². The first-order valence-electron chi connectivity index (χ1n) is 2.26. The molecule has 46 valence electrons. The highest BCUT2D eigenvalue weighted by Crippen LogP contribution is 2.08. The van der Waals surface area contributed by atoms with Crippen LogP contribution in [-0.4, -0.2) is 30.9 Å². The number of cyclic esters (lactones) is 1. The van der Waals surface area contributed by atoms with Gasteiger partial charge in [0, 0.05) is 7.05 Å². The number of nitrogens with zero attached hydrogens (tertiary/aromatic N) is 1. The summed E-state index contributed by atoms with van der Waals surface area (Å²) in [6.45, 7) is 0.0544. The summed E-state index contributed by atoms with van der Waals surface area (Å²) in [4.78, 5) is 11.4. The topological polar surface area (TPSA) is 29.5 Å². The van der Waals surface area contributed by atoms with Crippen molar-refractivity contribution >= 4 is 6.09 Å². The first kappa shape index (κ1) is 5.34. The van der Waals surface area contributed by atoms with Gasteiger partial charge in [-0.05, 0) is 0 Å². The monoisotopic (exact) mass is 119 g/mol. The number of carbonyl (C=O) groups is 1. The average molecular weight is 119 g/mol. The Kier molecular flexibility index (Phi) is 1.08. The Balaban J connectivity index is 2.51. The number of hydrogen-bond donors (Lipinski definition) is 0. The third kappa shape index (κ3) is 0.731. The van der Waals surface area contributed by atoms with Gasteiger partial charge in [-0.2, -0.15) is 4.39 Å². The molecule has 3 nitrogen and oxygen atoms in total. The summed E-state index contributed by atoms with van der Waals surface area (Å²) in [5, 5.41) is 0. The van der Waals surface area contributed by atoms with Crippen LogP contribution in [-0.2, 0) is 4.74 Å². The third-order valence-electron chi connectivity index (χ3n) is 0.958. The van der Waals surface area contributed by atoms with Crippen LogP contribution in [0.4, 0.5) is 9.18 Å². The van der Waals surface area contributed by atoms with Gasteiger partial charge in [0.2, 0.25) is 0 Å². The van der Waals surface area contributed by atoms with E-state index in [4.69, 9.17) is 0 Å². The molecule has 0 aromatic carbocycles. The molecule has 0 aromatic rings. The first-order valence-corrected chi connectivity index (χ1v) is 2.26. The van der Waals surface area contributed by atoms with Crippen molar-refractivity contribution in [1.29, 1.82) is 0 Å². The SMILES string of the molecule is CN1CC(F)OC1=O. The van der Waals surface area contributed by atoms with Gasteiger partial charge >= 0.3 is 6.09 Å². The van der Waals surface area contributed by atoms with E-state index in [1.165, 1.54) is 11.9 Å². The average Bonchev–Trinajstić information content (AvgIpc) is 1.85. The quantitative estimate of drug-likeness (QED) is 0.461. The Labute approximate surface area is 46.0 Å². The number of hydrogen-bond acceptors (Lipinski definition) is 2. The van der Waals surface area contributed by atoms with Crippen molar-refractivity contribution in [2.24, 2.45) is 0 Å². The molecule has 0 aliphatic carbocycles. The predicted molar refractivity (Wildman–Crippen MR) is 24.0 cm³/mol. The van der Waals surface area contributed by atoms with E-state index in [1.807, 2.05) is 0 Å². The Morgan fingerprint density at radius 2 is 2.62 bits per heavy atom. The van der Waals surface area contributed by atoms with E-state index in [0.717, 1.165) is 0 Å². The van der Waals surface area contributed by atoms with Gasteiger partial charge < -0.3 is 9.64 Å². The van der Waals surface area contributed by atoms with Crippen molar-refractivity contribution in [3.05, 3.63) is 0 Å². The molecule has 1 unspecified atom stereocenters. The van der Waals surface area contributed by atoms with Gasteiger partial charge in [0.25, 0.3) is 6.36 Å². The molecule has 1 rings (SSSR count). The number of amides is 1. The lowest BCUT2D eigenvalue weighted by Crippen LogP contribution is -2.18. The summed E-state index contributed by atoms with van der Waals surface area (Å²) in [7, 11) is 1.49. The molecule has 1 amide bonds. The molecule has 4 heteroatoms. The summed E-state index contributed by atoms with van der Waals surface area (Å²) in [5.41, 5.74) is 0. The standard InChI is InChI=1S/C4H6FNO2/c1-6-2-3(5)8-4(6)7/h3H,2H2,1H3. The van der Waals surface area contributed by atoms with Crippen LogP contribution in [0.25, 0.3) is 0 Å². The van der Waals surface area contributed by atoms with Crippen molar-refractivity contribution in [1.82, 2.24) is 4.90 Å². The van der Waals surface area contributed by atoms with Crippen molar-refractivity contribution in [3.8, 4) is 0 Å². The highest BCUT2D eigenvalue weighted by Gasteiger charge is 2.26. The first-order chi connectivity index (χ1) is 3.70. The minimum Gasteiger partial charge on any atom is -0.413 e. The van der Waals surface area contributed by atoms with E-state index in [2.05, 4.69) is 4.74 Å².